The van der Waals surface area contributed by atoms with Crippen molar-refractivity contribution in [1.29, 1.82) is 0 Å². The van der Waals surface area contributed by atoms with E-state index in [2.05, 4.69) is 5.32 Å². The molecule has 1 saturated heterocycles. The van der Waals surface area contributed by atoms with Crippen molar-refractivity contribution in [1.82, 2.24) is 9.62 Å². The smallest absolute Gasteiger partial charge is 0.407 e. The summed E-state index contributed by atoms with van der Waals surface area (Å²) in [5, 5.41) is 3.25. The minimum absolute atomic E-state index is 0.0818. The summed E-state index contributed by atoms with van der Waals surface area (Å²) in [5.74, 6) is -0.114. The average Bonchev–Trinajstić information content (AvgIpc) is 2.48. The lowest BCUT2D eigenvalue weighted by Gasteiger charge is -2.32. The molecule has 0 spiro atoms. The van der Waals surface area contributed by atoms with Gasteiger partial charge in [-0.2, -0.15) is 0 Å². The molecule has 1 amide bonds. The molecule has 1 aromatic carbocycles. The lowest BCUT2D eigenvalue weighted by atomic mass is 10.1. The highest BCUT2D eigenvalue weighted by Gasteiger charge is 2.30. The van der Waals surface area contributed by atoms with Gasteiger partial charge in [-0.3, -0.25) is 0 Å². The van der Waals surface area contributed by atoms with E-state index < -0.39 is 21.7 Å². The predicted molar refractivity (Wildman–Crippen MR) is 98.0 cm³/mol. The molecule has 0 unspecified atom stereocenters. The van der Waals surface area contributed by atoms with E-state index in [4.69, 9.17) is 16.3 Å². The van der Waals surface area contributed by atoms with Crippen molar-refractivity contribution in [3.05, 3.63) is 34.9 Å². The van der Waals surface area contributed by atoms with Crippen LogP contribution in [0.5, 0.6) is 0 Å². The normalized spacial score (nSPS) is 17.3. The molecular weight excluding hydrogens is 364 g/mol. The van der Waals surface area contributed by atoms with Crippen LogP contribution in [0.4, 0.5) is 4.79 Å². The Kier molecular flexibility index (Phi) is 6.35. The first-order valence-corrected chi connectivity index (χ1v) is 10.3. The Labute approximate surface area is 154 Å². The number of benzene rings is 1. The van der Waals surface area contributed by atoms with Gasteiger partial charge in [0.15, 0.2) is 0 Å². The maximum atomic E-state index is 12.6. The monoisotopic (exact) mass is 388 g/mol. The second-order valence-corrected chi connectivity index (χ2v) is 9.54. The zero-order chi connectivity index (χ0) is 18.7. The van der Waals surface area contributed by atoms with E-state index in [1.165, 1.54) is 4.31 Å². The van der Waals surface area contributed by atoms with Crippen LogP contribution >= 0.6 is 11.6 Å². The van der Waals surface area contributed by atoms with Crippen molar-refractivity contribution in [3.8, 4) is 0 Å². The van der Waals surface area contributed by atoms with Crippen molar-refractivity contribution in [3.63, 3.8) is 0 Å². The lowest BCUT2D eigenvalue weighted by Crippen LogP contribution is -2.47. The molecule has 0 aromatic heterocycles. The van der Waals surface area contributed by atoms with Crippen molar-refractivity contribution in [2.45, 2.75) is 51.0 Å². The van der Waals surface area contributed by atoms with E-state index in [1.54, 1.807) is 45.0 Å². The third-order valence-corrected chi connectivity index (χ3v) is 6.06. The number of carbonyl (C=O) groups is 1. The van der Waals surface area contributed by atoms with E-state index in [0.717, 1.165) is 0 Å². The molecule has 0 radical (unpaired) electrons. The van der Waals surface area contributed by atoms with Gasteiger partial charge in [-0.25, -0.2) is 17.5 Å². The van der Waals surface area contributed by atoms with Crippen LogP contribution in [0.15, 0.2) is 24.3 Å². The van der Waals surface area contributed by atoms with Gasteiger partial charge >= 0.3 is 6.09 Å². The van der Waals surface area contributed by atoms with Gasteiger partial charge in [0.05, 0.1) is 5.75 Å². The third kappa shape index (κ3) is 6.17. The molecule has 8 heteroatoms. The number of piperidine rings is 1. The molecule has 1 N–H and O–H groups in total. The van der Waals surface area contributed by atoms with Crippen LogP contribution in [0.2, 0.25) is 5.02 Å². The Morgan fingerprint density at radius 1 is 1.28 bits per heavy atom. The highest BCUT2D eigenvalue weighted by Crippen LogP contribution is 2.22. The number of hydrogen-bond donors (Lipinski definition) is 1. The van der Waals surface area contributed by atoms with Gasteiger partial charge in [-0.1, -0.05) is 29.8 Å². The topological polar surface area (TPSA) is 75.7 Å². The standard InChI is InChI=1S/C17H25ClN2O4S/c1-17(2,3)24-16(21)19-14-8-10-20(11-9-14)25(22,23)12-13-6-4-5-7-15(13)18/h4-7,14H,8-12H2,1-3H3,(H,19,21). The maximum absolute atomic E-state index is 12.6. The van der Waals surface area contributed by atoms with Crippen LogP contribution in [-0.2, 0) is 20.5 Å². The fourth-order valence-corrected chi connectivity index (χ4v) is 4.53. The number of carbonyl (C=O) groups excluding carboxylic acids is 1. The third-order valence-electron chi connectivity index (χ3n) is 3.86. The number of nitrogens with one attached hydrogen (secondary N) is 1. The summed E-state index contributed by atoms with van der Waals surface area (Å²) in [5.41, 5.74) is 0.0430. The summed E-state index contributed by atoms with van der Waals surface area (Å²) >= 11 is 6.06. The minimum atomic E-state index is -3.43. The molecule has 25 heavy (non-hydrogen) atoms. The SMILES string of the molecule is CC(C)(C)OC(=O)NC1CCN(S(=O)(=O)Cc2ccccc2Cl)CC1. The quantitative estimate of drug-likeness (QED) is 0.859. The number of nitrogens with zero attached hydrogens (tertiary/aromatic N) is 1. The van der Waals surface area contributed by atoms with E-state index in [-0.39, 0.29) is 11.8 Å². The largest absolute Gasteiger partial charge is 0.444 e. The Balaban J connectivity index is 1.89. The van der Waals surface area contributed by atoms with Gasteiger partial charge in [0, 0.05) is 24.2 Å². The Hall–Kier alpha value is -1.31. The van der Waals surface area contributed by atoms with Crippen molar-refractivity contribution in [2.75, 3.05) is 13.1 Å². The number of amides is 1. The number of rotatable bonds is 4. The predicted octanol–water partition coefficient (Wildman–Crippen LogP) is 3.16. The molecule has 0 bridgehead atoms. The molecule has 0 saturated carbocycles. The van der Waals surface area contributed by atoms with Gasteiger partial charge in [0.2, 0.25) is 10.0 Å². The number of alkyl carbamates (subject to hydrolysis) is 1. The summed E-state index contributed by atoms with van der Waals surface area (Å²) in [6.07, 6.45) is 0.645. The van der Waals surface area contributed by atoms with Crippen molar-refractivity contribution >= 4 is 27.7 Å². The first kappa shape index (κ1) is 20.0. The Morgan fingerprint density at radius 3 is 2.44 bits per heavy atom. The summed E-state index contributed by atoms with van der Waals surface area (Å²) < 4.78 is 31.9. The molecule has 1 aromatic rings. The zero-order valence-electron chi connectivity index (χ0n) is 14.8. The molecule has 140 valence electrons. The summed E-state index contributed by atoms with van der Waals surface area (Å²) in [6.45, 7) is 6.14. The number of ether oxygens (including phenoxy) is 1. The van der Waals surface area contributed by atoms with Gasteiger partial charge in [0.25, 0.3) is 0 Å². The molecule has 1 aliphatic rings. The first-order valence-electron chi connectivity index (χ1n) is 8.27. The van der Waals surface area contributed by atoms with Gasteiger partial charge in [0.1, 0.15) is 5.60 Å². The van der Waals surface area contributed by atoms with E-state index >= 15 is 0 Å². The van der Waals surface area contributed by atoms with E-state index in [0.29, 0.717) is 36.5 Å². The highest BCUT2D eigenvalue weighted by atomic mass is 35.5. The van der Waals surface area contributed by atoms with Crippen LogP contribution in [0.25, 0.3) is 0 Å². The summed E-state index contributed by atoms with van der Waals surface area (Å²) in [4.78, 5) is 11.8. The van der Waals surface area contributed by atoms with Crippen molar-refractivity contribution in [2.24, 2.45) is 0 Å². The first-order chi connectivity index (χ1) is 11.6. The number of hydrogen-bond acceptors (Lipinski definition) is 4. The zero-order valence-corrected chi connectivity index (χ0v) is 16.4. The van der Waals surface area contributed by atoms with Crippen LogP contribution in [0.3, 0.4) is 0 Å². The molecule has 1 fully saturated rings. The van der Waals surface area contributed by atoms with E-state index in [9.17, 15) is 13.2 Å². The van der Waals surface area contributed by atoms with Crippen LogP contribution < -0.4 is 5.32 Å². The van der Waals surface area contributed by atoms with E-state index in [1.807, 2.05) is 0 Å². The van der Waals surface area contributed by atoms with Gasteiger partial charge in [-0.05, 0) is 45.2 Å². The van der Waals surface area contributed by atoms with Gasteiger partial charge in [-0.15, -0.1) is 0 Å². The molecule has 1 aliphatic heterocycles. The molecular formula is C17H25ClN2O4S. The minimum Gasteiger partial charge on any atom is -0.444 e. The lowest BCUT2D eigenvalue weighted by molar-refractivity contribution is 0.0489. The molecule has 1 heterocycles. The molecule has 6 nitrogen and oxygen atoms in total. The van der Waals surface area contributed by atoms with Crippen LogP contribution in [0, 0.1) is 0 Å². The number of halogens is 1. The molecule has 0 aliphatic carbocycles. The maximum Gasteiger partial charge on any atom is 0.407 e. The summed E-state index contributed by atoms with van der Waals surface area (Å²) in [6, 6.07) is 6.86. The number of sulfonamides is 1. The Bertz CT molecular complexity index is 708. The average molecular weight is 389 g/mol. The molecule has 0 atom stereocenters. The second kappa shape index (κ2) is 7.93. The summed E-state index contributed by atoms with van der Waals surface area (Å²) in [7, 11) is -3.43. The second-order valence-electron chi connectivity index (χ2n) is 7.17. The highest BCUT2D eigenvalue weighted by molar-refractivity contribution is 7.88. The fraction of sp³-hybridized carbons (Fsp3) is 0.588. The Morgan fingerprint density at radius 2 is 1.88 bits per heavy atom. The molecule has 2 rings (SSSR count). The van der Waals surface area contributed by atoms with Crippen LogP contribution in [0.1, 0.15) is 39.2 Å². The van der Waals surface area contributed by atoms with Crippen molar-refractivity contribution < 1.29 is 17.9 Å². The van der Waals surface area contributed by atoms with Gasteiger partial charge < -0.3 is 10.1 Å². The van der Waals surface area contributed by atoms with Crippen LogP contribution in [-0.4, -0.2) is 43.5 Å². The fourth-order valence-electron chi connectivity index (χ4n) is 2.66.